The molecule has 0 saturated heterocycles. The topological polar surface area (TPSA) is 111 Å². The van der Waals surface area contributed by atoms with Crippen molar-refractivity contribution in [3.63, 3.8) is 0 Å². The smallest absolute Gasteiger partial charge is 0.0505 e. The molecule has 8 N–H and O–H groups in total. The molecule has 0 amide bonds. The maximum Gasteiger partial charge on any atom is 0.0505 e. The van der Waals surface area contributed by atoms with E-state index in [0.29, 0.717) is 26.7 Å². The first-order valence-corrected chi connectivity index (χ1v) is 13.4. The van der Waals surface area contributed by atoms with Crippen molar-refractivity contribution < 1.29 is 0 Å². The molecule has 25 heavy (non-hydrogen) atoms. The number of rotatable bonds is 17. The summed E-state index contributed by atoms with van der Waals surface area (Å²) < 4.78 is 0. The zero-order valence-corrected chi connectivity index (χ0v) is 18.2. The van der Waals surface area contributed by atoms with Crippen molar-refractivity contribution in [1.82, 2.24) is 9.80 Å². The molecule has 0 spiro atoms. The number of nitrogens with two attached hydrogens (primary N) is 4. The van der Waals surface area contributed by atoms with E-state index in [1.807, 2.05) is 0 Å². The summed E-state index contributed by atoms with van der Waals surface area (Å²) in [5.41, 5.74) is 23.0. The fourth-order valence-electron chi connectivity index (χ4n) is 3.60. The summed E-state index contributed by atoms with van der Waals surface area (Å²) in [7, 11) is -1.25. The second-order valence-corrected chi connectivity index (χ2v) is 12.9. The summed E-state index contributed by atoms with van der Waals surface area (Å²) >= 11 is 0. The van der Waals surface area contributed by atoms with E-state index in [0.717, 1.165) is 19.0 Å². The van der Waals surface area contributed by atoms with Crippen molar-refractivity contribution in [1.29, 1.82) is 0 Å². The third kappa shape index (κ3) is 11.3. The van der Waals surface area contributed by atoms with E-state index >= 15 is 0 Å². The van der Waals surface area contributed by atoms with Gasteiger partial charge in [0.1, 0.15) is 0 Å². The maximum absolute atomic E-state index is 5.74. The van der Waals surface area contributed by atoms with Crippen LogP contribution in [0.5, 0.6) is 0 Å². The van der Waals surface area contributed by atoms with Crippen LogP contribution in [0.4, 0.5) is 0 Å². The molecule has 0 atom stereocenters. The Morgan fingerprint density at radius 2 is 1.12 bits per heavy atom. The Morgan fingerprint density at radius 3 is 1.44 bits per heavy atom. The van der Waals surface area contributed by atoms with Gasteiger partial charge in [0.25, 0.3) is 0 Å². The zero-order valence-electron chi connectivity index (χ0n) is 17.2. The van der Waals surface area contributed by atoms with Crippen molar-refractivity contribution >= 4 is 8.07 Å². The molecule has 0 aromatic carbocycles. The summed E-state index contributed by atoms with van der Waals surface area (Å²) in [6.07, 6.45) is 6.45. The molecule has 0 bridgehead atoms. The van der Waals surface area contributed by atoms with Gasteiger partial charge in [0.05, 0.1) is 8.07 Å². The van der Waals surface area contributed by atoms with Gasteiger partial charge in [0.15, 0.2) is 0 Å². The van der Waals surface area contributed by atoms with Crippen molar-refractivity contribution in [2.75, 3.05) is 39.8 Å². The monoisotopic (exact) mass is 374 g/mol. The van der Waals surface area contributed by atoms with Crippen LogP contribution in [-0.4, -0.2) is 57.6 Å². The van der Waals surface area contributed by atoms with Gasteiger partial charge in [-0.25, -0.2) is 0 Å². The Morgan fingerprint density at radius 1 is 0.720 bits per heavy atom. The van der Waals surface area contributed by atoms with Crippen LogP contribution in [0.15, 0.2) is 0 Å². The predicted octanol–water partition coefficient (Wildman–Crippen LogP) is 1.94. The second kappa shape index (κ2) is 15.1. The van der Waals surface area contributed by atoms with Crippen molar-refractivity contribution in [3.8, 4) is 0 Å². The van der Waals surface area contributed by atoms with E-state index in [9.17, 15) is 0 Å². The SMILES string of the molecule is CCC(CC)CC[Si](C)(CCCN(CN)CN)CCCN(CN)CN. The average molecular weight is 375 g/mol. The molecule has 0 saturated carbocycles. The highest BCUT2D eigenvalue weighted by atomic mass is 28.3. The molecule has 0 rings (SSSR count). The quantitative estimate of drug-likeness (QED) is 0.229. The van der Waals surface area contributed by atoms with Crippen molar-refractivity contribution in [2.24, 2.45) is 28.9 Å². The molecule has 0 aromatic heterocycles. The first kappa shape index (κ1) is 25.0. The molecular weight excluding hydrogens is 328 g/mol. The van der Waals surface area contributed by atoms with Gasteiger partial charge in [-0.05, 0) is 18.8 Å². The normalized spacial score (nSPS) is 12.7. The third-order valence-corrected chi connectivity index (χ3v) is 10.5. The highest BCUT2D eigenvalue weighted by Gasteiger charge is 2.27. The van der Waals surface area contributed by atoms with Gasteiger partial charge < -0.3 is 22.9 Å². The Balaban J connectivity index is 4.55. The fraction of sp³-hybridized carbons (Fsp3) is 1.00. The zero-order chi connectivity index (χ0) is 19.1. The average Bonchev–Trinajstić information content (AvgIpc) is 2.63. The summed E-state index contributed by atoms with van der Waals surface area (Å²) in [5, 5.41) is 0. The van der Waals surface area contributed by atoms with Crippen molar-refractivity contribution in [3.05, 3.63) is 0 Å². The largest absolute Gasteiger partial charge is 0.318 e. The number of hydrogen-bond donors (Lipinski definition) is 4. The van der Waals surface area contributed by atoms with Gasteiger partial charge in [0, 0.05) is 39.8 Å². The van der Waals surface area contributed by atoms with Gasteiger partial charge in [-0.15, -0.1) is 0 Å². The van der Waals surface area contributed by atoms with Crippen LogP contribution in [0.2, 0.25) is 24.7 Å². The first-order chi connectivity index (χ1) is 12.0. The third-order valence-electron chi connectivity index (χ3n) is 5.85. The van der Waals surface area contributed by atoms with Crippen LogP contribution in [0.3, 0.4) is 0 Å². The Kier molecular flexibility index (Phi) is 15.1. The van der Waals surface area contributed by atoms with Crippen LogP contribution >= 0.6 is 0 Å². The molecule has 0 unspecified atom stereocenters. The molecular formula is C18H46N6Si. The maximum atomic E-state index is 5.74. The minimum Gasteiger partial charge on any atom is -0.318 e. The fourth-order valence-corrected chi connectivity index (χ4v) is 7.48. The van der Waals surface area contributed by atoms with Gasteiger partial charge in [-0.1, -0.05) is 57.8 Å². The highest BCUT2D eigenvalue weighted by molar-refractivity contribution is 6.78. The standard InChI is InChI=1S/C18H46N6Si/c1-4-18(5-2)8-13-25(3,11-6-9-23(14-19)15-20)12-7-10-24(16-21)17-22/h18H,4-17,19-22H2,1-3H3. The van der Waals surface area contributed by atoms with E-state index in [1.54, 1.807) is 0 Å². The summed E-state index contributed by atoms with van der Waals surface area (Å²) in [4.78, 5) is 4.25. The van der Waals surface area contributed by atoms with E-state index in [2.05, 4.69) is 30.2 Å². The Labute approximate surface area is 157 Å². The lowest BCUT2D eigenvalue weighted by atomic mass is 10.0. The lowest BCUT2D eigenvalue weighted by Gasteiger charge is -2.31. The van der Waals surface area contributed by atoms with Crippen LogP contribution in [0.1, 0.15) is 46.0 Å². The van der Waals surface area contributed by atoms with Gasteiger partial charge in [-0.2, -0.15) is 0 Å². The number of hydrogen-bond acceptors (Lipinski definition) is 6. The van der Waals surface area contributed by atoms with Crippen LogP contribution in [0, 0.1) is 5.92 Å². The molecule has 6 nitrogen and oxygen atoms in total. The molecule has 0 aliphatic rings. The highest BCUT2D eigenvalue weighted by Crippen LogP contribution is 2.29. The van der Waals surface area contributed by atoms with E-state index < -0.39 is 8.07 Å². The summed E-state index contributed by atoms with van der Waals surface area (Å²) in [6.45, 7) is 11.5. The minimum absolute atomic E-state index is 0.560. The van der Waals surface area contributed by atoms with Crippen molar-refractivity contribution in [2.45, 2.75) is 70.6 Å². The lowest BCUT2D eigenvalue weighted by molar-refractivity contribution is 0.288. The van der Waals surface area contributed by atoms with Gasteiger partial charge >= 0.3 is 0 Å². The van der Waals surface area contributed by atoms with Crippen LogP contribution in [-0.2, 0) is 0 Å². The summed E-state index contributed by atoms with van der Waals surface area (Å²) in [5.74, 6) is 0.890. The predicted molar refractivity (Wildman–Crippen MR) is 114 cm³/mol. The molecule has 152 valence electrons. The van der Waals surface area contributed by atoms with Crippen LogP contribution < -0.4 is 22.9 Å². The lowest BCUT2D eigenvalue weighted by Crippen LogP contribution is -2.39. The molecule has 0 heterocycles. The minimum atomic E-state index is -1.25. The Hall–Kier alpha value is -0.0231. The van der Waals surface area contributed by atoms with Gasteiger partial charge in [0.2, 0.25) is 0 Å². The molecule has 0 fully saturated rings. The molecule has 0 aliphatic heterocycles. The van der Waals surface area contributed by atoms with E-state index in [-0.39, 0.29) is 0 Å². The molecule has 0 radical (unpaired) electrons. The van der Waals surface area contributed by atoms with Crippen LogP contribution in [0.25, 0.3) is 0 Å². The number of nitrogens with zero attached hydrogens (tertiary/aromatic N) is 2. The van der Waals surface area contributed by atoms with E-state index in [1.165, 1.54) is 50.2 Å². The molecule has 0 aliphatic carbocycles. The Bertz CT molecular complexity index is 275. The summed E-state index contributed by atoms with van der Waals surface area (Å²) in [6, 6.07) is 4.18. The van der Waals surface area contributed by atoms with E-state index in [4.69, 9.17) is 22.9 Å². The first-order valence-electron chi connectivity index (χ1n) is 10.2. The second-order valence-electron chi connectivity index (χ2n) is 7.76. The van der Waals surface area contributed by atoms with Gasteiger partial charge in [-0.3, -0.25) is 9.80 Å². The molecule has 0 aromatic rings. The molecule has 7 heteroatoms.